The van der Waals surface area contributed by atoms with Crippen molar-refractivity contribution < 1.29 is 17.9 Å². The van der Waals surface area contributed by atoms with Crippen molar-refractivity contribution in [2.24, 2.45) is 0 Å². The maximum atomic E-state index is 12.7. The summed E-state index contributed by atoms with van der Waals surface area (Å²) in [5.74, 6) is 0.745. The molecule has 0 fully saturated rings. The van der Waals surface area contributed by atoms with Gasteiger partial charge >= 0.3 is 0 Å². The van der Waals surface area contributed by atoms with Gasteiger partial charge in [-0.3, -0.25) is 0 Å². The first-order valence-corrected chi connectivity index (χ1v) is 8.26. The zero-order valence-electron chi connectivity index (χ0n) is 11.7. The first-order chi connectivity index (χ1) is 10.1. The molecule has 1 aromatic rings. The van der Waals surface area contributed by atoms with E-state index < -0.39 is 10.0 Å². The van der Waals surface area contributed by atoms with E-state index in [-0.39, 0.29) is 23.3 Å². The summed E-state index contributed by atoms with van der Waals surface area (Å²) in [5, 5.41) is 3.24. The van der Waals surface area contributed by atoms with Crippen molar-refractivity contribution in [1.29, 1.82) is 0 Å². The van der Waals surface area contributed by atoms with E-state index in [4.69, 9.17) is 9.47 Å². The molecule has 0 aliphatic carbocycles. The molecule has 4 heterocycles. The predicted molar refractivity (Wildman–Crippen MR) is 81.1 cm³/mol. The van der Waals surface area contributed by atoms with E-state index in [1.165, 1.54) is 21.5 Å². The number of halogens is 1. The lowest BCUT2D eigenvalue weighted by atomic mass is 10.2. The van der Waals surface area contributed by atoms with Gasteiger partial charge in [0.1, 0.15) is 13.2 Å². The Hall–Kier alpha value is -1.35. The van der Waals surface area contributed by atoms with Crippen LogP contribution in [0.2, 0.25) is 0 Å². The number of rotatable bonds is 2. The minimum Gasteiger partial charge on any atom is -0.484 e. The number of aromatic nitrogens is 1. The summed E-state index contributed by atoms with van der Waals surface area (Å²) < 4.78 is 37.5. The van der Waals surface area contributed by atoms with Crippen LogP contribution >= 0.6 is 12.4 Å². The Morgan fingerprint density at radius 3 is 2.50 bits per heavy atom. The Labute approximate surface area is 134 Å². The number of nitrogens with zero attached hydrogens (tertiary/aromatic N) is 2. The number of hydrogen-bond acceptors (Lipinski definition) is 6. The summed E-state index contributed by atoms with van der Waals surface area (Å²) in [6.07, 6.45) is 0. The van der Waals surface area contributed by atoms with Crippen LogP contribution in [0.25, 0.3) is 0 Å². The second-order valence-electron chi connectivity index (χ2n) is 5.23. The molecule has 1 N–H and O–H groups in total. The van der Waals surface area contributed by atoms with Crippen molar-refractivity contribution in [2.45, 2.75) is 5.03 Å². The highest BCUT2D eigenvalue weighted by Gasteiger charge is 2.35. The van der Waals surface area contributed by atoms with Crippen LogP contribution in [-0.4, -0.2) is 57.1 Å². The zero-order valence-corrected chi connectivity index (χ0v) is 13.4. The fraction of sp³-hybridized carbons (Fsp3) is 0.462. The van der Waals surface area contributed by atoms with Gasteiger partial charge in [-0.1, -0.05) is 0 Å². The van der Waals surface area contributed by atoms with E-state index in [1.807, 2.05) is 0 Å². The molecular formula is C13H16ClN3O4S. The Morgan fingerprint density at radius 2 is 1.77 bits per heavy atom. The van der Waals surface area contributed by atoms with Crippen LogP contribution in [0.5, 0.6) is 11.6 Å². The molecule has 0 bridgehead atoms. The maximum absolute atomic E-state index is 12.7. The van der Waals surface area contributed by atoms with Crippen LogP contribution in [-0.2, 0) is 10.0 Å². The fourth-order valence-electron chi connectivity index (χ4n) is 2.79. The largest absolute Gasteiger partial charge is 0.484 e. The summed E-state index contributed by atoms with van der Waals surface area (Å²) in [5.41, 5.74) is 2.35. The molecule has 1 aromatic heterocycles. The summed E-state index contributed by atoms with van der Waals surface area (Å²) >= 11 is 0. The fourth-order valence-corrected chi connectivity index (χ4v) is 4.15. The smallest absolute Gasteiger partial charge is 0.261 e. The lowest BCUT2D eigenvalue weighted by molar-refractivity contribution is 0.163. The van der Waals surface area contributed by atoms with Crippen molar-refractivity contribution in [3.8, 4) is 11.6 Å². The molecule has 7 nitrogen and oxygen atoms in total. The highest BCUT2D eigenvalue weighted by Crippen LogP contribution is 2.31. The lowest BCUT2D eigenvalue weighted by Crippen LogP contribution is -2.33. The Balaban J connectivity index is 0.00000144. The normalized spacial score (nSPS) is 20.7. The van der Waals surface area contributed by atoms with Gasteiger partial charge in [0, 0.05) is 26.2 Å². The van der Waals surface area contributed by atoms with Crippen LogP contribution in [0.4, 0.5) is 0 Å². The second-order valence-corrected chi connectivity index (χ2v) is 7.12. The molecule has 0 unspecified atom stereocenters. The maximum Gasteiger partial charge on any atom is 0.261 e. The van der Waals surface area contributed by atoms with E-state index in [0.29, 0.717) is 32.1 Å². The van der Waals surface area contributed by atoms with Crippen molar-refractivity contribution in [3.05, 3.63) is 23.3 Å². The monoisotopic (exact) mass is 345 g/mol. The highest BCUT2D eigenvalue weighted by atomic mass is 35.5. The Kier molecular flexibility index (Phi) is 4.02. The van der Waals surface area contributed by atoms with Gasteiger partial charge in [0.15, 0.2) is 10.8 Å². The summed E-state index contributed by atoms with van der Waals surface area (Å²) in [6, 6.07) is 3.08. The summed E-state index contributed by atoms with van der Waals surface area (Å²) in [7, 11) is -3.60. The Morgan fingerprint density at radius 1 is 1.09 bits per heavy atom. The van der Waals surface area contributed by atoms with Crippen LogP contribution in [0.1, 0.15) is 0 Å². The van der Waals surface area contributed by atoms with Crippen LogP contribution < -0.4 is 14.8 Å². The number of hydrogen-bond donors (Lipinski definition) is 1. The van der Waals surface area contributed by atoms with Gasteiger partial charge in [-0.2, -0.15) is 9.29 Å². The summed E-state index contributed by atoms with van der Waals surface area (Å²) in [6.45, 7) is 3.28. The van der Waals surface area contributed by atoms with Crippen LogP contribution in [0.3, 0.4) is 0 Å². The standard InChI is InChI=1S/C13H15N3O4S.ClH/c17-21(18,16-7-9-5-14-6-10(9)8-16)12-2-1-11-13(15-12)20-4-3-19-11;/h1-2,14H,3-8H2;1H. The molecule has 3 aliphatic rings. The molecule has 3 aliphatic heterocycles. The topological polar surface area (TPSA) is 80.8 Å². The Bertz CT molecular complexity index is 719. The second kappa shape index (κ2) is 5.69. The number of nitrogens with one attached hydrogen (secondary N) is 1. The number of pyridine rings is 1. The lowest BCUT2D eigenvalue weighted by Gasteiger charge is -2.20. The van der Waals surface area contributed by atoms with Crippen LogP contribution in [0.15, 0.2) is 28.3 Å². The average Bonchev–Trinajstić information content (AvgIpc) is 3.08. The van der Waals surface area contributed by atoms with E-state index in [2.05, 4.69) is 10.3 Å². The SMILES string of the molecule is Cl.O=S(=O)(c1ccc2c(n1)OCCO2)N1CC2=C(CNC2)C1. The number of fused-ring (bicyclic) bond motifs is 1. The quantitative estimate of drug-likeness (QED) is 0.770. The molecule has 120 valence electrons. The third kappa shape index (κ3) is 2.45. The molecule has 0 atom stereocenters. The molecule has 9 heteroatoms. The van der Waals surface area contributed by atoms with Gasteiger partial charge in [0.05, 0.1) is 0 Å². The van der Waals surface area contributed by atoms with Crippen molar-refractivity contribution in [3.63, 3.8) is 0 Å². The van der Waals surface area contributed by atoms with Gasteiger partial charge in [-0.15, -0.1) is 12.4 Å². The molecular weight excluding hydrogens is 330 g/mol. The minimum absolute atomic E-state index is 0. The van der Waals surface area contributed by atoms with Crippen molar-refractivity contribution in [1.82, 2.24) is 14.6 Å². The number of ether oxygens (including phenoxy) is 2. The van der Waals surface area contributed by atoms with Gasteiger partial charge in [0.25, 0.3) is 15.9 Å². The van der Waals surface area contributed by atoms with E-state index in [9.17, 15) is 8.42 Å². The molecule has 0 amide bonds. The van der Waals surface area contributed by atoms with Gasteiger partial charge < -0.3 is 14.8 Å². The van der Waals surface area contributed by atoms with E-state index >= 15 is 0 Å². The predicted octanol–water partition coefficient (Wildman–Crippen LogP) is 0.179. The molecule has 0 spiro atoms. The molecule has 0 saturated carbocycles. The van der Waals surface area contributed by atoms with E-state index in [1.54, 1.807) is 6.07 Å². The minimum atomic E-state index is -3.60. The molecule has 0 saturated heterocycles. The first kappa shape index (κ1) is 15.5. The van der Waals surface area contributed by atoms with Crippen molar-refractivity contribution >= 4 is 22.4 Å². The number of sulfonamides is 1. The highest BCUT2D eigenvalue weighted by molar-refractivity contribution is 7.89. The van der Waals surface area contributed by atoms with Gasteiger partial charge in [-0.25, -0.2) is 8.42 Å². The van der Waals surface area contributed by atoms with Gasteiger partial charge in [0.2, 0.25) is 0 Å². The van der Waals surface area contributed by atoms with Crippen molar-refractivity contribution in [2.75, 3.05) is 39.4 Å². The first-order valence-electron chi connectivity index (χ1n) is 6.82. The molecule has 4 rings (SSSR count). The third-order valence-corrected chi connectivity index (χ3v) is 5.59. The molecule has 0 radical (unpaired) electrons. The molecule has 22 heavy (non-hydrogen) atoms. The zero-order chi connectivity index (χ0) is 14.4. The van der Waals surface area contributed by atoms with Gasteiger partial charge in [-0.05, 0) is 23.3 Å². The van der Waals surface area contributed by atoms with E-state index in [0.717, 1.165) is 13.1 Å². The summed E-state index contributed by atoms with van der Waals surface area (Å²) in [4.78, 5) is 4.11. The molecule has 0 aromatic carbocycles. The third-order valence-electron chi connectivity index (χ3n) is 3.89. The van der Waals surface area contributed by atoms with Crippen LogP contribution in [0, 0.1) is 0 Å². The average molecular weight is 346 g/mol.